The largest absolute Gasteiger partial charge is 0.396 e. The Balaban J connectivity index is 3.09. The van der Waals surface area contributed by atoms with E-state index in [0.717, 1.165) is 12.3 Å². The van der Waals surface area contributed by atoms with Gasteiger partial charge in [0, 0.05) is 5.39 Å². The zero-order valence-electron chi connectivity index (χ0n) is 8.52. The SMILES string of the molecule is Nc1c(S(=O)(=O)O)cc2cn[nH]c2c1S(=O)(=O)O. The quantitative estimate of drug-likeness (QED) is 0.430. The lowest BCUT2D eigenvalue weighted by Gasteiger charge is -2.08. The molecule has 0 radical (unpaired) electrons. The third-order valence-electron chi connectivity index (χ3n) is 2.23. The minimum Gasteiger partial charge on any atom is -0.396 e. The molecule has 0 atom stereocenters. The van der Waals surface area contributed by atoms with Gasteiger partial charge in [-0.15, -0.1) is 0 Å². The van der Waals surface area contributed by atoms with Crippen LogP contribution in [0.5, 0.6) is 0 Å². The van der Waals surface area contributed by atoms with Gasteiger partial charge in [0.15, 0.2) is 0 Å². The Bertz CT molecular complexity index is 835. The normalized spacial score (nSPS) is 13.0. The molecule has 98 valence electrons. The summed E-state index contributed by atoms with van der Waals surface area (Å²) in [6.45, 7) is 0. The van der Waals surface area contributed by atoms with Gasteiger partial charge in [-0.3, -0.25) is 14.2 Å². The zero-order chi connectivity index (χ0) is 13.7. The Morgan fingerprint density at radius 1 is 1.17 bits per heavy atom. The van der Waals surface area contributed by atoms with Crippen LogP contribution in [0.1, 0.15) is 0 Å². The molecule has 2 rings (SSSR count). The minimum absolute atomic E-state index is 0.0597. The summed E-state index contributed by atoms with van der Waals surface area (Å²) in [7, 11) is -9.51. The van der Waals surface area contributed by atoms with E-state index in [1.807, 2.05) is 0 Å². The van der Waals surface area contributed by atoms with Crippen molar-refractivity contribution in [2.45, 2.75) is 9.79 Å². The first-order valence-corrected chi connectivity index (χ1v) is 7.21. The number of hydrogen-bond donors (Lipinski definition) is 4. The van der Waals surface area contributed by atoms with Gasteiger partial charge in [0.05, 0.1) is 17.4 Å². The van der Waals surface area contributed by atoms with Crippen LogP contribution < -0.4 is 5.73 Å². The molecule has 0 spiro atoms. The lowest BCUT2D eigenvalue weighted by molar-refractivity contribution is 0.483. The van der Waals surface area contributed by atoms with E-state index in [1.54, 1.807) is 0 Å². The van der Waals surface area contributed by atoms with Crippen molar-refractivity contribution in [3.8, 4) is 0 Å². The molecule has 0 fully saturated rings. The van der Waals surface area contributed by atoms with E-state index in [-0.39, 0.29) is 10.9 Å². The summed E-state index contributed by atoms with van der Waals surface area (Å²) in [5.74, 6) is 0. The molecule has 0 aliphatic heterocycles. The number of fused-ring (bicyclic) bond motifs is 1. The average Bonchev–Trinajstić information content (AvgIpc) is 2.59. The van der Waals surface area contributed by atoms with Crippen molar-refractivity contribution >= 4 is 36.8 Å². The summed E-state index contributed by atoms with van der Waals surface area (Å²) in [6.07, 6.45) is 1.12. The number of nitrogens with zero attached hydrogens (tertiary/aromatic N) is 1. The van der Waals surface area contributed by atoms with Crippen LogP contribution in [0.2, 0.25) is 0 Å². The third kappa shape index (κ3) is 1.92. The zero-order valence-corrected chi connectivity index (χ0v) is 10.2. The maximum absolute atomic E-state index is 11.2. The van der Waals surface area contributed by atoms with Gasteiger partial charge in [0.25, 0.3) is 20.2 Å². The van der Waals surface area contributed by atoms with Gasteiger partial charge >= 0.3 is 0 Å². The average molecular weight is 293 g/mol. The fourth-order valence-corrected chi connectivity index (χ4v) is 3.06. The van der Waals surface area contributed by atoms with Gasteiger partial charge in [0.2, 0.25) is 0 Å². The predicted octanol–water partition coefficient (Wildman–Crippen LogP) is -0.361. The van der Waals surface area contributed by atoms with E-state index < -0.39 is 35.7 Å². The Morgan fingerprint density at radius 3 is 2.28 bits per heavy atom. The highest BCUT2D eigenvalue weighted by Gasteiger charge is 2.26. The third-order valence-corrected chi connectivity index (χ3v) is 4.06. The lowest BCUT2D eigenvalue weighted by atomic mass is 10.2. The molecule has 9 nitrogen and oxygen atoms in total. The van der Waals surface area contributed by atoms with Crippen LogP contribution in [-0.4, -0.2) is 36.1 Å². The highest BCUT2D eigenvalue weighted by molar-refractivity contribution is 7.87. The number of H-pyrrole nitrogens is 1. The van der Waals surface area contributed by atoms with Crippen LogP contribution in [0.3, 0.4) is 0 Å². The molecule has 1 heterocycles. The number of anilines is 1. The molecule has 0 aliphatic rings. The second-order valence-corrected chi connectivity index (χ2v) is 6.15. The molecule has 5 N–H and O–H groups in total. The molecule has 0 aliphatic carbocycles. The monoisotopic (exact) mass is 293 g/mol. The van der Waals surface area contributed by atoms with Crippen molar-refractivity contribution < 1.29 is 25.9 Å². The topological polar surface area (TPSA) is 163 Å². The number of rotatable bonds is 2. The van der Waals surface area contributed by atoms with Gasteiger partial charge in [-0.25, -0.2) is 0 Å². The first kappa shape index (κ1) is 12.8. The highest BCUT2D eigenvalue weighted by Crippen LogP contribution is 2.32. The van der Waals surface area contributed by atoms with Crippen LogP contribution in [0.15, 0.2) is 22.1 Å². The molecule has 11 heteroatoms. The van der Waals surface area contributed by atoms with Crippen molar-refractivity contribution in [2.75, 3.05) is 5.73 Å². The molecule has 0 saturated carbocycles. The second kappa shape index (κ2) is 3.65. The van der Waals surface area contributed by atoms with Crippen LogP contribution in [-0.2, 0) is 20.2 Å². The van der Waals surface area contributed by atoms with Gasteiger partial charge in [0.1, 0.15) is 9.79 Å². The van der Waals surface area contributed by atoms with Gasteiger partial charge in [-0.05, 0) is 6.07 Å². The van der Waals surface area contributed by atoms with E-state index >= 15 is 0 Å². The van der Waals surface area contributed by atoms with Crippen LogP contribution in [0.25, 0.3) is 10.9 Å². The Morgan fingerprint density at radius 2 is 1.78 bits per heavy atom. The molecule has 0 saturated heterocycles. The number of aromatic nitrogens is 2. The molecular formula is C7H7N3O6S2. The number of nitrogen functional groups attached to an aromatic ring is 1. The maximum Gasteiger partial charge on any atom is 0.298 e. The fourth-order valence-electron chi connectivity index (χ4n) is 1.53. The molecule has 2 aromatic rings. The minimum atomic E-state index is -4.78. The number of hydrogen-bond acceptors (Lipinski definition) is 6. The van der Waals surface area contributed by atoms with E-state index in [0.29, 0.717) is 0 Å². The fraction of sp³-hybridized carbons (Fsp3) is 0. The van der Waals surface area contributed by atoms with Gasteiger partial charge in [-0.2, -0.15) is 21.9 Å². The maximum atomic E-state index is 11.2. The van der Waals surface area contributed by atoms with Crippen molar-refractivity contribution in [3.63, 3.8) is 0 Å². The Kier molecular flexibility index (Phi) is 2.59. The molecule has 0 unspecified atom stereocenters. The summed E-state index contributed by atoms with van der Waals surface area (Å²) in [5.41, 5.74) is 4.42. The highest BCUT2D eigenvalue weighted by atomic mass is 32.2. The van der Waals surface area contributed by atoms with Crippen molar-refractivity contribution in [3.05, 3.63) is 12.3 Å². The standard InChI is InChI=1S/C7H7N3O6S2/c8-5-4(17(11,12)13)1-3-2-9-10-6(3)7(5)18(14,15)16/h1-2H,8H2,(H,9,10)(H,11,12,13)(H,14,15,16). The van der Waals surface area contributed by atoms with Gasteiger partial charge in [-0.1, -0.05) is 0 Å². The molecule has 0 amide bonds. The summed E-state index contributed by atoms with van der Waals surface area (Å²) < 4.78 is 62.5. The molecule has 18 heavy (non-hydrogen) atoms. The predicted molar refractivity (Wildman–Crippen MR) is 60.1 cm³/mol. The Labute approximate surface area is 101 Å². The molecule has 1 aromatic heterocycles. The summed E-state index contributed by atoms with van der Waals surface area (Å²) in [5, 5.41) is 5.84. The molecule has 1 aromatic carbocycles. The number of nitrogens with two attached hydrogens (primary N) is 1. The summed E-state index contributed by atoms with van der Waals surface area (Å²) in [6, 6.07) is 0.943. The van der Waals surface area contributed by atoms with Crippen LogP contribution in [0.4, 0.5) is 5.69 Å². The lowest BCUT2D eigenvalue weighted by Crippen LogP contribution is -2.10. The molecule has 0 bridgehead atoms. The summed E-state index contributed by atoms with van der Waals surface area (Å²) >= 11 is 0. The van der Waals surface area contributed by atoms with Crippen LogP contribution >= 0.6 is 0 Å². The van der Waals surface area contributed by atoms with Gasteiger partial charge < -0.3 is 5.73 Å². The van der Waals surface area contributed by atoms with Crippen LogP contribution in [0, 0.1) is 0 Å². The number of benzene rings is 1. The van der Waals surface area contributed by atoms with E-state index in [1.165, 1.54) is 0 Å². The first-order valence-electron chi connectivity index (χ1n) is 4.33. The smallest absolute Gasteiger partial charge is 0.298 e. The summed E-state index contributed by atoms with van der Waals surface area (Å²) in [4.78, 5) is -1.66. The van der Waals surface area contributed by atoms with Crippen molar-refractivity contribution in [2.24, 2.45) is 0 Å². The first-order chi connectivity index (χ1) is 8.12. The number of aromatic amines is 1. The van der Waals surface area contributed by atoms with E-state index in [4.69, 9.17) is 14.8 Å². The Hall–Kier alpha value is -1.69. The molecular weight excluding hydrogens is 286 g/mol. The van der Waals surface area contributed by atoms with E-state index in [9.17, 15) is 16.8 Å². The van der Waals surface area contributed by atoms with Crippen molar-refractivity contribution in [1.82, 2.24) is 10.2 Å². The van der Waals surface area contributed by atoms with Crippen molar-refractivity contribution in [1.29, 1.82) is 0 Å². The second-order valence-electron chi connectivity index (χ2n) is 3.40. The number of nitrogens with one attached hydrogen (secondary N) is 1. The van der Waals surface area contributed by atoms with E-state index in [2.05, 4.69) is 10.2 Å².